The molecule has 1 heterocycles. The van der Waals surface area contributed by atoms with Gasteiger partial charge in [-0.2, -0.15) is 0 Å². The highest BCUT2D eigenvalue weighted by molar-refractivity contribution is 7.80. The smallest absolute Gasteiger partial charge is 0.201 e. The molecule has 38 heavy (non-hydrogen) atoms. The summed E-state index contributed by atoms with van der Waals surface area (Å²) in [5.74, 6) is 0. The number of aliphatic hydroxyl groups is 1. The van der Waals surface area contributed by atoms with Crippen molar-refractivity contribution < 1.29 is 28.5 Å². The molecule has 6 nitrogen and oxygen atoms in total. The van der Waals surface area contributed by atoms with E-state index in [1.165, 1.54) is 0 Å². The molecule has 5 atom stereocenters. The highest BCUT2D eigenvalue weighted by atomic mass is 32.1. The fraction of sp³-hybridized carbons (Fsp3) is 0.567. The molecule has 0 radical (unpaired) electrons. The summed E-state index contributed by atoms with van der Waals surface area (Å²) < 4.78 is 31.5. The van der Waals surface area contributed by atoms with Crippen molar-refractivity contribution in [2.75, 3.05) is 13.7 Å². The Balaban J connectivity index is 1.88. The molecule has 1 N–H and O–H groups in total. The lowest BCUT2D eigenvalue weighted by Crippen LogP contribution is -2.64. The van der Waals surface area contributed by atoms with Crippen LogP contribution in [0.15, 0.2) is 60.7 Å². The van der Waals surface area contributed by atoms with Crippen LogP contribution in [0.2, 0.25) is 16.6 Å². The van der Waals surface area contributed by atoms with E-state index in [2.05, 4.69) is 41.5 Å². The minimum absolute atomic E-state index is 0.121. The maximum atomic E-state index is 11.7. The Hall–Kier alpha value is -1.65. The van der Waals surface area contributed by atoms with Gasteiger partial charge >= 0.3 is 0 Å². The van der Waals surface area contributed by atoms with E-state index in [1.54, 1.807) is 7.11 Å². The van der Waals surface area contributed by atoms with Crippen LogP contribution in [0, 0.1) is 0 Å². The second kappa shape index (κ2) is 14.1. The van der Waals surface area contributed by atoms with Crippen molar-refractivity contribution in [3.63, 3.8) is 0 Å². The standard InChI is InChI=1S/C30H44O6SSi/c1-20(2)38(21(3)4,22(5)6)36-27-25(19-34-30(37)24-16-12-9-13-17-24)35-29(28(32-7)26(27)31)33-18-23-14-10-8-11-15-23/h8-17,20-22,25-29,31H,18-19H2,1-7H3/t25-,26+,27-,28+,29+/m0/s1. The number of aliphatic hydroxyl groups excluding tert-OH is 1. The highest BCUT2D eigenvalue weighted by Crippen LogP contribution is 2.45. The van der Waals surface area contributed by atoms with Crippen LogP contribution in [-0.2, 0) is 30.0 Å². The SMILES string of the molecule is CO[C@H]1[C@H](OCc2ccccc2)O[C@@H](COC(=S)c2ccccc2)[C@H](O[Si](C(C)C)(C(C)C)C(C)C)[C@H]1O. The van der Waals surface area contributed by atoms with Crippen molar-refractivity contribution in [1.29, 1.82) is 0 Å². The second-order valence-corrected chi connectivity index (χ2v) is 16.7. The zero-order chi connectivity index (χ0) is 27.9. The molecule has 2 aromatic carbocycles. The van der Waals surface area contributed by atoms with Crippen molar-refractivity contribution in [2.24, 2.45) is 0 Å². The maximum absolute atomic E-state index is 11.7. The quantitative estimate of drug-likeness (QED) is 0.243. The molecule has 0 spiro atoms. The van der Waals surface area contributed by atoms with Crippen LogP contribution in [0.3, 0.4) is 0 Å². The Kier molecular flexibility index (Phi) is 11.5. The highest BCUT2D eigenvalue weighted by Gasteiger charge is 2.54. The lowest BCUT2D eigenvalue weighted by molar-refractivity contribution is -0.305. The van der Waals surface area contributed by atoms with Gasteiger partial charge in [0.1, 0.15) is 31.0 Å². The van der Waals surface area contributed by atoms with Crippen LogP contribution >= 0.6 is 12.2 Å². The molecule has 1 aliphatic rings. The number of methoxy groups -OCH3 is 1. The summed E-state index contributed by atoms with van der Waals surface area (Å²) in [4.78, 5) is 0. The Morgan fingerprint density at radius 3 is 1.97 bits per heavy atom. The molecule has 0 saturated carbocycles. The summed E-state index contributed by atoms with van der Waals surface area (Å²) in [5.41, 5.74) is 2.81. The molecule has 3 rings (SSSR count). The van der Waals surface area contributed by atoms with Crippen LogP contribution in [-0.4, -0.2) is 62.9 Å². The second-order valence-electron chi connectivity index (χ2n) is 10.9. The number of benzene rings is 2. The molecule has 8 heteroatoms. The molecule has 0 aliphatic carbocycles. The minimum atomic E-state index is -2.38. The van der Waals surface area contributed by atoms with E-state index in [-0.39, 0.29) is 6.61 Å². The summed E-state index contributed by atoms with van der Waals surface area (Å²) in [6, 6.07) is 19.4. The zero-order valence-corrected chi connectivity index (χ0v) is 25.5. The first-order valence-electron chi connectivity index (χ1n) is 13.5. The summed E-state index contributed by atoms with van der Waals surface area (Å²) in [7, 11) is -0.817. The molecule has 1 fully saturated rings. The van der Waals surface area contributed by atoms with E-state index in [0.29, 0.717) is 28.3 Å². The number of ether oxygens (including phenoxy) is 4. The van der Waals surface area contributed by atoms with Gasteiger partial charge in [0.05, 0.1) is 6.61 Å². The molecule has 1 aliphatic heterocycles. The first-order valence-corrected chi connectivity index (χ1v) is 16.1. The van der Waals surface area contributed by atoms with Crippen LogP contribution in [0.1, 0.15) is 52.7 Å². The van der Waals surface area contributed by atoms with Gasteiger partial charge in [0, 0.05) is 12.7 Å². The van der Waals surface area contributed by atoms with Crippen molar-refractivity contribution in [2.45, 2.75) is 95.5 Å². The van der Waals surface area contributed by atoms with Crippen LogP contribution in [0.4, 0.5) is 0 Å². The molecule has 1 saturated heterocycles. The van der Waals surface area contributed by atoms with Gasteiger partial charge < -0.3 is 28.5 Å². The first-order chi connectivity index (χ1) is 18.1. The van der Waals surface area contributed by atoms with Crippen molar-refractivity contribution in [3.05, 3.63) is 71.8 Å². The van der Waals surface area contributed by atoms with Crippen LogP contribution in [0.25, 0.3) is 0 Å². The maximum Gasteiger partial charge on any atom is 0.201 e. The van der Waals surface area contributed by atoms with Gasteiger partial charge in [-0.25, -0.2) is 0 Å². The van der Waals surface area contributed by atoms with E-state index in [4.69, 9.17) is 35.6 Å². The predicted molar refractivity (Wildman–Crippen MR) is 157 cm³/mol. The third-order valence-electron chi connectivity index (χ3n) is 7.58. The van der Waals surface area contributed by atoms with Gasteiger partial charge in [0.2, 0.25) is 8.32 Å². The fourth-order valence-electron chi connectivity index (χ4n) is 5.77. The molecule has 0 unspecified atom stereocenters. The Labute approximate surface area is 234 Å². The van der Waals surface area contributed by atoms with Crippen molar-refractivity contribution in [1.82, 2.24) is 0 Å². The zero-order valence-electron chi connectivity index (χ0n) is 23.7. The number of hydrogen-bond acceptors (Lipinski definition) is 7. The normalized spacial score (nSPS) is 24.2. The topological polar surface area (TPSA) is 66.4 Å². The third-order valence-corrected chi connectivity index (χ3v) is 14.0. The summed E-state index contributed by atoms with van der Waals surface area (Å²) in [5, 5.41) is 12.1. The van der Waals surface area contributed by atoms with Crippen molar-refractivity contribution >= 4 is 25.6 Å². The van der Waals surface area contributed by atoms with Gasteiger partial charge in [-0.05, 0) is 34.4 Å². The third kappa shape index (κ3) is 7.10. The molecule has 0 bridgehead atoms. The molecule has 0 aromatic heterocycles. The van der Waals surface area contributed by atoms with Gasteiger partial charge in [0.15, 0.2) is 11.3 Å². The minimum Gasteiger partial charge on any atom is -0.480 e. The molecule has 0 amide bonds. The average molecular weight is 561 g/mol. The Morgan fingerprint density at radius 1 is 0.895 bits per heavy atom. The number of rotatable bonds is 12. The summed E-state index contributed by atoms with van der Waals surface area (Å²) in [6.45, 7) is 13.8. The van der Waals surface area contributed by atoms with E-state index in [9.17, 15) is 5.11 Å². The lowest BCUT2D eigenvalue weighted by atomic mass is 9.99. The fourth-order valence-corrected chi connectivity index (χ4v) is 11.6. The number of hydrogen-bond donors (Lipinski definition) is 1. The van der Waals surface area contributed by atoms with Gasteiger partial charge in [-0.15, -0.1) is 0 Å². The van der Waals surface area contributed by atoms with E-state index in [0.717, 1.165) is 11.1 Å². The summed E-state index contributed by atoms with van der Waals surface area (Å²) >= 11 is 5.55. The van der Waals surface area contributed by atoms with E-state index in [1.807, 2.05) is 60.7 Å². The largest absolute Gasteiger partial charge is 0.480 e. The van der Waals surface area contributed by atoms with E-state index < -0.39 is 39.0 Å². The van der Waals surface area contributed by atoms with Gasteiger partial charge in [-0.3, -0.25) is 0 Å². The predicted octanol–water partition coefficient (Wildman–Crippen LogP) is 6.26. The average Bonchev–Trinajstić information content (AvgIpc) is 2.90. The van der Waals surface area contributed by atoms with Gasteiger partial charge in [-0.1, -0.05) is 102 Å². The monoisotopic (exact) mass is 560 g/mol. The molecular weight excluding hydrogens is 516 g/mol. The molecule has 210 valence electrons. The van der Waals surface area contributed by atoms with E-state index >= 15 is 0 Å². The van der Waals surface area contributed by atoms with Crippen LogP contribution in [0.5, 0.6) is 0 Å². The first kappa shape index (κ1) is 30.9. The lowest BCUT2D eigenvalue weighted by Gasteiger charge is -2.50. The molecular formula is C30H44O6SSi. The summed E-state index contributed by atoms with van der Waals surface area (Å²) in [6.07, 6.45) is -3.77. The van der Waals surface area contributed by atoms with Crippen molar-refractivity contribution in [3.8, 4) is 0 Å². The van der Waals surface area contributed by atoms with Gasteiger partial charge in [0.25, 0.3) is 0 Å². The Bertz CT molecular complexity index is 965. The molecule has 2 aromatic rings. The Morgan fingerprint density at radius 2 is 1.45 bits per heavy atom. The van der Waals surface area contributed by atoms with Crippen LogP contribution < -0.4 is 0 Å². The number of thiocarbonyl (C=S) groups is 1.